The summed E-state index contributed by atoms with van der Waals surface area (Å²) in [5.74, 6) is -1.14. The van der Waals surface area contributed by atoms with Gasteiger partial charge in [0, 0.05) is 19.2 Å². The quantitative estimate of drug-likeness (QED) is 0.601. The van der Waals surface area contributed by atoms with Crippen molar-refractivity contribution < 1.29 is 26.8 Å². The lowest BCUT2D eigenvalue weighted by Gasteiger charge is -2.15. The first-order valence-corrected chi connectivity index (χ1v) is 7.75. The van der Waals surface area contributed by atoms with Gasteiger partial charge in [0.05, 0.1) is 10.7 Å². The zero-order chi connectivity index (χ0) is 20.6. The Kier molecular flexibility index (Phi) is 4.98. The van der Waals surface area contributed by atoms with Gasteiger partial charge in [0.2, 0.25) is 12.2 Å². The van der Waals surface area contributed by atoms with Gasteiger partial charge >= 0.3 is 11.9 Å². The van der Waals surface area contributed by atoms with Gasteiger partial charge in [-0.05, 0) is 6.07 Å². The highest BCUT2D eigenvalue weighted by Gasteiger charge is 2.35. The maximum absolute atomic E-state index is 14.3. The van der Waals surface area contributed by atoms with E-state index in [0.29, 0.717) is 0 Å². The zero-order valence-corrected chi connectivity index (χ0v) is 14.6. The summed E-state index contributed by atoms with van der Waals surface area (Å²) in [6, 6.07) is 1.86. The molecule has 2 heterocycles. The lowest BCUT2D eigenvalue weighted by Crippen LogP contribution is -2.41. The van der Waals surface area contributed by atoms with Crippen LogP contribution in [0.5, 0.6) is 5.75 Å². The van der Waals surface area contributed by atoms with Gasteiger partial charge in [-0.25, -0.2) is 13.8 Å². The Hall–Kier alpha value is -3.15. The number of halogens is 5. The molecule has 0 saturated carbocycles. The van der Waals surface area contributed by atoms with Crippen LogP contribution in [-0.4, -0.2) is 19.3 Å². The smallest absolute Gasteiger partial charge is 0.431 e. The largest absolute Gasteiger partial charge is 0.484 e. The maximum Gasteiger partial charge on any atom is 0.431 e. The second-order valence-electron chi connectivity index (χ2n) is 5.41. The predicted octanol–water partition coefficient (Wildman–Crippen LogP) is 2.31. The molecule has 148 valence electrons. The van der Waals surface area contributed by atoms with E-state index in [1.807, 2.05) is 0 Å². The monoisotopic (exact) mass is 420 g/mol. The zero-order valence-electron chi connectivity index (χ0n) is 13.8. The normalized spacial score (nSPS) is 11.6. The SMILES string of the molecule is Cn1c(C(F)(F)F)cc(=O)n(-c2cc(OCc3ncon3)c(Cl)cc2F)c1=O. The molecule has 0 radical (unpaired) electrons. The van der Waals surface area contributed by atoms with E-state index in [4.69, 9.17) is 16.3 Å². The molecule has 0 N–H and O–H groups in total. The third kappa shape index (κ3) is 3.63. The van der Waals surface area contributed by atoms with Crippen molar-refractivity contribution in [3.05, 3.63) is 67.8 Å². The summed E-state index contributed by atoms with van der Waals surface area (Å²) < 4.78 is 63.4. The fraction of sp³-hybridized carbons (Fsp3) is 0.200. The molecule has 1 aromatic carbocycles. The Labute approximate surface area is 157 Å². The molecule has 0 unspecified atom stereocenters. The van der Waals surface area contributed by atoms with Crippen LogP contribution < -0.4 is 16.0 Å². The Morgan fingerprint density at radius 3 is 2.57 bits per heavy atom. The first-order valence-electron chi connectivity index (χ1n) is 7.37. The van der Waals surface area contributed by atoms with Crippen LogP contribution in [0.3, 0.4) is 0 Å². The second-order valence-corrected chi connectivity index (χ2v) is 5.82. The van der Waals surface area contributed by atoms with E-state index in [9.17, 15) is 27.2 Å². The molecular weight excluding hydrogens is 412 g/mol. The Balaban J connectivity index is 2.11. The summed E-state index contributed by atoms with van der Waals surface area (Å²) in [5.41, 5.74) is -4.88. The van der Waals surface area contributed by atoms with E-state index < -0.39 is 34.6 Å². The summed E-state index contributed by atoms with van der Waals surface area (Å²) in [7, 11) is 0.808. The van der Waals surface area contributed by atoms with E-state index in [0.717, 1.165) is 25.6 Å². The first kappa shape index (κ1) is 19.6. The molecule has 28 heavy (non-hydrogen) atoms. The van der Waals surface area contributed by atoms with Crippen molar-refractivity contribution in [2.24, 2.45) is 7.05 Å². The van der Waals surface area contributed by atoms with Gasteiger partial charge in [-0.2, -0.15) is 18.2 Å². The molecule has 0 fully saturated rings. The molecule has 0 aliphatic heterocycles. The minimum atomic E-state index is -4.94. The minimum Gasteiger partial charge on any atom is -0.484 e. The molecule has 0 atom stereocenters. The lowest BCUT2D eigenvalue weighted by atomic mass is 10.2. The van der Waals surface area contributed by atoms with Crippen molar-refractivity contribution in [2.75, 3.05) is 0 Å². The van der Waals surface area contributed by atoms with Gasteiger partial charge < -0.3 is 9.26 Å². The highest BCUT2D eigenvalue weighted by molar-refractivity contribution is 6.32. The van der Waals surface area contributed by atoms with Crippen molar-refractivity contribution >= 4 is 11.6 Å². The number of alkyl halides is 3. The summed E-state index contributed by atoms with van der Waals surface area (Å²) in [6.07, 6.45) is -3.90. The van der Waals surface area contributed by atoms with Crippen LogP contribution in [0.15, 0.2) is 38.7 Å². The Morgan fingerprint density at radius 2 is 1.96 bits per heavy atom. The molecule has 3 aromatic rings. The van der Waals surface area contributed by atoms with Crippen LogP contribution in [-0.2, 0) is 19.8 Å². The molecule has 0 amide bonds. The number of hydrogen-bond acceptors (Lipinski definition) is 6. The summed E-state index contributed by atoms with van der Waals surface area (Å²) in [4.78, 5) is 28.1. The lowest BCUT2D eigenvalue weighted by molar-refractivity contribution is -0.144. The second kappa shape index (κ2) is 7.11. The van der Waals surface area contributed by atoms with Crippen LogP contribution >= 0.6 is 11.6 Å². The molecule has 2 aromatic heterocycles. The molecule has 0 saturated heterocycles. The van der Waals surface area contributed by atoms with Crippen molar-refractivity contribution in [1.82, 2.24) is 19.3 Å². The van der Waals surface area contributed by atoms with Crippen molar-refractivity contribution in [1.29, 1.82) is 0 Å². The van der Waals surface area contributed by atoms with Crippen LogP contribution in [0.4, 0.5) is 17.6 Å². The van der Waals surface area contributed by atoms with Gasteiger partial charge in [-0.15, -0.1) is 0 Å². The van der Waals surface area contributed by atoms with E-state index in [1.54, 1.807) is 0 Å². The van der Waals surface area contributed by atoms with Gasteiger partial charge in [0.25, 0.3) is 5.56 Å². The van der Waals surface area contributed by atoms with Crippen LogP contribution in [0.2, 0.25) is 5.02 Å². The van der Waals surface area contributed by atoms with E-state index >= 15 is 0 Å². The number of rotatable bonds is 4. The molecule has 0 spiro atoms. The molecule has 3 rings (SSSR count). The molecule has 13 heteroatoms. The van der Waals surface area contributed by atoms with Crippen LogP contribution in [0.25, 0.3) is 5.69 Å². The minimum absolute atomic E-state index is 0.129. The molecule has 0 aliphatic carbocycles. The fourth-order valence-corrected chi connectivity index (χ4v) is 2.52. The van der Waals surface area contributed by atoms with Crippen molar-refractivity contribution in [2.45, 2.75) is 12.8 Å². The van der Waals surface area contributed by atoms with Gasteiger partial charge in [0.15, 0.2) is 6.61 Å². The fourth-order valence-electron chi connectivity index (χ4n) is 2.32. The standard InChI is InChI=1S/C15H9ClF4N4O4/c1-23-11(15(18,19)20)4-13(25)24(14(23)26)9-3-10(7(16)2-8(9)17)27-5-12-21-6-28-22-12/h2-4,6H,5H2,1H3. The number of nitrogens with zero attached hydrogens (tertiary/aromatic N) is 4. The molecule has 0 aliphatic rings. The molecule has 0 bridgehead atoms. The average molecular weight is 421 g/mol. The number of hydrogen-bond donors (Lipinski definition) is 0. The number of benzene rings is 1. The van der Waals surface area contributed by atoms with E-state index in [2.05, 4.69) is 14.7 Å². The van der Waals surface area contributed by atoms with Gasteiger partial charge in [0.1, 0.15) is 17.3 Å². The summed E-state index contributed by atoms with van der Waals surface area (Å²) >= 11 is 5.88. The van der Waals surface area contributed by atoms with Crippen molar-refractivity contribution in [3.8, 4) is 11.4 Å². The summed E-state index contributed by atoms with van der Waals surface area (Å²) in [6.45, 7) is -0.235. The topological polar surface area (TPSA) is 92.2 Å². The first-order chi connectivity index (χ1) is 13.1. The predicted molar refractivity (Wildman–Crippen MR) is 85.9 cm³/mol. The van der Waals surface area contributed by atoms with Crippen LogP contribution in [0.1, 0.15) is 11.5 Å². The average Bonchev–Trinajstić information content (AvgIpc) is 3.11. The van der Waals surface area contributed by atoms with E-state index in [-0.39, 0.29) is 38.4 Å². The number of ether oxygens (including phenoxy) is 1. The molecular formula is C15H9ClF4N4O4. The third-order valence-corrected chi connectivity index (χ3v) is 3.91. The highest BCUT2D eigenvalue weighted by Crippen LogP contribution is 2.30. The third-order valence-electron chi connectivity index (χ3n) is 3.62. The van der Waals surface area contributed by atoms with Gasteiger partial charge in [-0.1, -0.05) is 16.8 Å². The molecule has 8 nitrogen and oxygen atoms in total. The highest BCUT2D eigenvalue weighted by atomic mass is 35.5. The maximum atomic E-state index is 14.3. The Bertz CT molecular complexity index is 1140. The van der Waals surface area contributed by atoms with Gasteiger partial charge in [-0.3, -0.25) is 9.36 Å². The Morgan fingerprint density at radius 1 is 1.25 bits per heavy atom. The van der Waals surface area contributed by atoms with Crippen molar-refractivity contribution in [3.63, 3.8) is 0 Å². The number of aromatic nitrogens is 4. The van der Waals surface area contributed by atoms with E-state index in [1.165, 1.54) is 0 Å². The summed E-state index contributed by atoms with van der Waals surface area (Å²) in [5, 5.41) is 3.28. The van der Waals surface area contributed by atoms with Crippen LogP contribution in [0, 0.1) is 5.82 Å².